The van der Waals surface area contributed by atoms with Crippen molar-refractivity contribution in [1.82, 2.24) is 4.90 Å². The van der Waals surface area contributed by atoms with Crippen molar-refractivity contribution in [1.29, 1.82) is 0 Å². The van der Waals surface area contributed by atoms with Crippen LogP contribution in [0.2, 0.25) is 0 Å². The number of fused-ring (bicyclic) bond motifs is 1. The molecular formula is C15H16N2O5. The molecule has 1 aromatic carbocycles. The number of nitrogens with zero attached hydrogens (tertiary/aromatic N) is 2. The van der Waals surface area contributed by atoms with Gasteiger partial charge in [-0.3, -0.25) is 14.9 Å². The molecule has 1 amide bonds. The summed E-state index contributed by atoms with van der Waals surface area (Å²) in [7, 11) is 1.61. The lowest BCUT2D eigenvalue weighted by Gasteiger charge is -2.16. The first kappa shape index (κ1) is 15.7. The van der Waals surface area contributed by atoms with E-state index in [9.17, 15) is 19.7 Å². The van der Waals surface area contributed by atoms with Crippen molar-refractivity contribution in [2.45, 2.75) is 19.8 Å². The summed E-state index contributed by atoms with van der Waals surface area (Å²) in [6.07, 6.45) is 1.75. The van der Waals surface area contributed by atoms with E-state index >= 15 is 0 Å². The molecule has 2 rings (SSSR count). The van der Waals surface area contributed by atoms with E-state index in [0.717, 1.165) is 12.8 Å². The average molecular weight is 304 g/mol. The number of amides is 1. The molecule has 0 radical (unpaired) electrons. The van der Waals surface area contributed by atoms with E-state index in [1.165, 1.54) is 29.2 Å². The van der Waals surface area contributed by atoms with Crippen LogP contribution in [0.25, 0.3) is 11.0 Å². The van der Waals surface area contributed by atoms with Crippen LogP contribution in [0.1, 0.15) is 30.1 Å². The highest BCUT2D eigenvalue weighted by Crippen LogP contribution is 2.20. The predicted molar refractivity (Wildman–Crippen MR) is 81.0 cm³/mol. The maximum absolute atomic E-state index is 12.3. The second kappa shape index (κ2) is 6.38. The number of hydrogen-bond acceptors (Lipinski definition) is 5. The van der Waals surface area contributed by atoms with Crippen LogP contribution in [0.4, 0.5) is 5.69 Å². The van der Waals surface area contributed by atoms with Crippen LogP contribution in [-0.2, 0) is 0 Å². The van der Waals surface area contributed by atoms with Gasteiger partial charge in [0.2, 0.25) is 0 Å². The number of non-ortho nitro benzene ring substituents is 1. The molecule has 1 heterocycles. The fourth-order valence-electron chi connectivity index (χ4n) is 2.08. The predicted octanol–water partition coefficient (Wildman–Crippen LogP) is 2.57. The lowest BCUT2D eigenvalue weighted by Crippen LogP contribution is -2.31. The topological polar surface area (TPSA) is 93.7 Å². The first-order valence-electron chi connectivity index (χ1n) is 6.91. The lowest BCUT2D eigenvalue weighted by atomic mass is 10.1. The Hall–Kier alpha value is -2.70. The Morgan fingerprint density at radius 3 is 2.73 bits per heavy atom. The van der Waals surface area contributed by atoms with Gasteiger partial charge in [0.15, 0.2) is 0 Å². The van der Waals surface area contributed by atoms with E-state index in [0.29, 0.717) is 11.9 Å². The molecule has 1 aromatic heterocycles. The van der Waals surface area contributed by atoms with Crippen molar-refractivity contribution in [3.8, 4) is 0 Å². The Balaban J connectivity index is 2.45. The van der Waals surface area contributed by atoms with Crippen molar-refractivity contribution in [3.63, 3.8) is 0 Å². The summed E-state index contributed by atoms with van der Waals surface area (Å²) in [4.78, 5) is 35.9. The maximum Gasteiger partial charge on any atom is 0.349 e. The molecule has 0 aliphatic rings. The number of benzene rings is 1. The van der Waals surface area contributed by atoms with Gasteiger partial charge in [-0.2, -0.15) is 0 Å². The first-order valence-corrected chi connectivity index (χ1v) is 6.91. The maximum atomic E-state index is 12.3. The van der Waals surface area contributed by atoms with E-state index in [1.54, 1.807) is 7.05 Å². The number of carbonyl (C=O) groups is 1. The van der Waals surface area contributed by atoms with Gasteiger partial charge >= 0.3 is 5.63 Å². The van der Waals surface area contributed by atoms with Gasteiger partial charge in [0.05, 0.1) is 4.92 Å². The molecule has 0 N–H and O–H groups in total. The van der Waals surface area contributed by atoms with Gasteiger partial charge in [0.25, 0.3) is 11.6 Å². The smallest absolute Gasteiger partial charge is 0.349 e. The van der Waals surface area contributed by atoms with E-state index in [1.807, 2.05) is 6.92 Å². The third-order valence-electron chi connectivity index (χ3n) is 3.35. The molecule has 7 nitrogen and oxygen atoms in total. The zero-order valence-electron chi connectivity index (χ0n) is 12.4. The SMILES string of the molecule is CCCCN(C)C(=O)c1cc2cc([N+](=O)[O-])ccc2oc1=O. The van der Waals surface area contributed by atoms with Crippen molar-refractivity contribution in [2.24, 2.45) is 0 Å². The fourth-order valence-corrected chi connectivity index (χ4v) is 2.08. The minimum atomic E-state index is -0.741. The molecule has 0 aliphatic carbocycles. The van der Waals surface area contributed by atoms with Gasteiger partial charge in [0, 0.05) is 31.1 Å². The minimum absolute atomic E-state index is 0.119. The van der Waals surface area contributed by atoms with E-state index in [2.05, 4.69) is 0 Å². The zero-order valence-corrected chi connectivity index (χ0v) is 12.4. The molecule has 0 spiro atoms. The Kier molecular flexibility index (Phi) is 4.55. The Labute approximate surface area is 126 Å². The lowest BCUT2D eigenvalue weighted by molar-refractivity contribution is -0.384. The molecule has 0 fully saturated rings. The third kappa shape index (κ3) is 3.13. The van der Waals surface area contributed by atoms with Crippen LogP contribution in [0, 0.1) is 10.1 Å². The molecular weight excluding hydrogens is 288 g/mol. The second-order valence-corrected chi connectivity index (χ2v) is 5.01. The number of carbonyl (C=O) groups excluding carboxylic acids is 1. The quantitative estimate of drug-likeness (QED) is 0.481. The summed E-state index contributed by atoms with van der Waals surface area (Å²) < 4.78 is 5.08. The largest absolute Gasteiger partial charge is 0.422 e. The normalized spacial score (nSPS) is 10.6. The van der Waals surface area contributed by atoms with Gasteiger partial charge in [0.1, 0.15) is 11.1 Å². The number of nitro groups is 1. The standard InChI is InChI=1S/C15H16N2O5/c1-3-4-7-16(2)14(18)12-9-10-8-11(17(20)21)5-6-13(10)22-15(12)19/h5-6,8-9H,3-4,7H2,1-2H3. The van der Waals surface area contributed by atoms with Crippen LogP contribution >= 0.6 is 0 Å². The van der Waals surface area contributed by atoms with E-state index in [4.69, 9.17) is 4.42 Å². The zero-order chi connectivity index (χ0) is 16.3. The third-order valence-corrected chi connectivity index (χ3v) is 3.35. The number of unbranched alkanes of at least 4 members (excludes halogenated alkanes) is 1. The van der Waals surface area contributed by atoms with Crippen molar-refractivity contribution in [2.75, 3.05) is 13.6 Å². The molecule has 0 aliphatic heterocycles. The van der Waals surface area contributed by atoms with Gasteiger partial charge < -0.3 is 9.32 Å². The van der Waals surface area contributed by atoms with Crippen LogP contribution in [0.5, 0.6) is 0 Å². The molecule has 0 saturated heterocycles. The Bertz CT molecular complexity index is 781. The molecule has 22 heavy (non-hydrogen) atoms. The molecule has 0 unspecified atom stereocenters. The highest BCUT2D eigenvalue weighted by molar-refractivity contribution is 5.96. The summed E-state index contributed by atoms with van der Waals surface area (Å²) in [6.45, 7) is 2.53. The van der Waals surface area contributed by atoms with Crippen LogP contribution in [0.3, 0.4) is 0 Å². The highest BCUT2D eigenvalue weighted by atomic mass is 16.6. The average Bonchev–Trinajstić information content (AvgIpc) is 2.50. The summed E-state index contributed by atoms with van der Waals surface area (Å²) >= 11 is 0. The monoisotopic (exact) mass is 304 g/mol. The van der Waals surface area contributed by atoms with Gasteiger partial charge in [-0.1, -0.05) is 13.3 Å². The van der Waals surface area contributed by atoms with Crippen molar-refractivity contribution >= 4 is 22.6 Å². The van der Waals surface area contributed by atoms with Gasteiger partial charge in [-0.05, 0) is 18.6 Å². The summed E-state index contributed by atoms with van der Waals surface area (Å²) in [5.41, 5.74) is -0.774. The van der Waals surface area contributed by atoms with Crippen molar-refractivity contribution < 1.29 is 14.1 Å². The van der Waals surface area contributed by atoms with Crippen LogP contribution < -0.4 is 5.63 Å². The molecule has 2 aromatic rings. The molecule has 0 atom stereocenters. The Morgan fingerprint density at radius 2 is 2.09 bits per heavy atom. The molecule has 7 heteroatoms. The number of nitro benzene ring substituents is 1. The molecule has 0 saturated carbocycles. The molecule has 0 bridgehead atoms. The van der Waals surface area contributed by atoms with Crippen LogP contribution in [-0.4, -0.2) is 29.3 Å². The van der Waals surface area contributed by atoms with Gasteiger partial charge in [-0.15, -0.1) is 0 Å². The van der Waals surface area contributed by atoms with Gasteiger partial charge in [-0.25, -0.2) is 4.79 Å². The summed E-state index contributed by atoms with van der Waals surface area (Å²) in [6, 6.07) is 5.23. The summed E-state index contributed by atoms with van der Waals surface area (Å²) in [5.74, 6) is -0.449. The Morgan fingerprint density at radius 1 is 1.36 bits per heavy atom. The van der Waals surface area contributed by atoms with E-state index in [-0.39, 0.29) is 16.8 Å². The number of hydrogen-bond donors (Lipinski definition) is 0. The van der Waals surface area contributed by atoms with Crippen LogP contribution in [0.15, 0.2) is 33.5 Å². The van der Waals surface area contributed by atoms with Crippen molar-refractivity contribution in [3.05, 3.63) is 50.4 Å². The minimum Gasteiger partial charge on any atom is -0.422 e. The first-order chi connectivity index (χ1) is 10.4. The summed E-state index contributed by atoms with van der Waals surface area (Å²) in [5, 5.41) is 11.1. The highest BCUT2D eigenvalue weighted by Gasteiger charge is 2.18. The molecule has 116 valence electrons. The number of rotatable bonds is 5. The second-order valence-electron chi connectivity index (χ2n) is 5.01. The fraction of sp³-hybridized carbons (Fsp3) is 0.333. The van der Waals surface area contributed by atoms with E-state index < -0.39 is 16.5 Å².